The van der Waals surface area contributed by atoms with Crippen molar-refractivity contribution in [1.29, 1.82) is 0 Å². The summed E-state index contributed by atoms with van der Waals surface area (Å²) in [5.74, 6) is 0. The van der Waals surface area contributed by atoms with Crippen molar-refractivity contribution >= 4 is 81.3 Å². The first kappa shape index (κ1) is 20.6. The van der Waals surface area contributed by atoms with Gasteiger partial charge in [0.15, 0.2) is 0 Å². The van der Waals surface area contributed by atoms with Crippen LogP contribution >= 0.6 is 11.3 Å². The van der Waals surface area contributed by atoms with Gasteiger partial charge in [0, 0.05) is 54.1 Å². The van der Waals surface area contributed by atoms with Crippen molar-refractivity contribution in [3.8, 4) is 0 Å². The van der Waals surface area contributed by atoms with Crippen LogP contribution in [0.3, 0.4) is 0 Å². The zero-order valence-electron chi connectivity index (χ0n) is 19.9. The summed E-state index contributed by atoms with van der Waals surface area (Å²) < 4.78 is 9.01. The van der Waals surface area contributed by atoms with E-state index in [1.807, 2.05) is 11.3 Å². The number of para-hydroxylation sites is 1. The monoisotopic (exact) mass is 491 g/mol. The molecule has 2 heterocycles. The van der Waals surface area contributed by atoms with Crippen LogP contribution in [-0.4, -0.2) is 0 Å². The molecule has 0 N–H and O–H groups in total. The topological polar surface area (TPSA) is 16.4 Å². The molecule has 174 valence electrons. The molecule has 0 spiro atoms. The van der Waals surface area contributed by atoms with Gasteiger partial charge >= 0.3 is 0 Å². The zero-order chi connectivity index (χ0) is 24.3. The number of nitrogens with zero attached hydrogens (tertiary/aromatic N) is 1. The zero-order valence-corrected chi connectivity index (χ0v) is 20.7. The number of thiophene rings is 1. The SMILES string of the molecule is c1ccc(N(c2ccc3c(c2)oc2cc4ccccc4cc23)c2ccc3c(c2)sc2ccccc23)cc1. The van der Waals surface area contributed by atoms with E-state index in [1.165, 1.54) is 30.9 Å². The molecule has 0 saturated heterocycles. The van der Waals surface area contributed by atoms with E-state index in [2.05, 4.69) is 132 Å². The summed E-state index contributed by atoms with van der Waals surface area (Å²) in [4.78, 5) is 2.31. The van der Waals surface area contributed by atoms with Crippen molar-refractivity contribution in [2.45, 2.75) is 0 Å². The molecule has 0 aliphatic heterocycles. The summed E-state index contributed by atoms with van der Waals surface area (Å²) >= 11 is 1.84. The first-order valence-electron chi connectivity index (χ1n) is 12.4. The molecule has 0 bridgehead atoms. The van der Waals surface area contributed by atoms with Crippen LogP contribution in [0.5, 0.6) is 0 Å². The minimum absolute atomic E-state index is 0.895. The summed E-state index contributed by atoms with van der Waals surface area (Å²) in [6.45, 7) is 0. The number of hydrogen-bond acceptors (Lipinski definition) is 3. The largest absolute Gasteiger partial charge is 0.456 e. The minimum atomic E-state index is 0.895. The molecule has 8 rings (SSSR count). The molecular formula is C34H21NOS. The third-order valence-electron chi connectivity index (χ3n) is 7.22. The lowest BCUT2D eigenvalue weighted by molar-refractivity contribution is 0.669. The molecule has 0 fully saturated rings. The van der Waals surface area contributed by atoms with E-state index < -0.39 is 0 Å². The molecular weight excluding hydrogens is 470 g/mol. The predicted octanol–water partition coefficient (Wildman–Crippen LogP) is 10.6. The second-order valence-corrected chi connectivity index (χ2v) is 10.5. The number of anilines is 3. The molecule has 0 unspecified atom stereocenters. The van der Waals surface area contributed by atoms with Gasteiger partial charge in [-0.1, -0.05) is 66.7 Å². The van der Waals surface area contributed by atoms with Gasteiger partial charge in [-0.15, -0.1) is 11.3 Å². The molecule has 0 atom stereocenters. The number of benzene rings is 6. The quantitative estimate of drug-likeness (QED) is 0.244. The fourth-order valence-corrected chi connectivity index (χ4v) is 6.61. The lowest BCUT2D eigenvalue weighted by atomic mass is 10.1. The first-order valence-corrected chi connectivity index (χ1v) is 13.2. The first-order chi connectivity index (χ1) is 18.3. The lowest BCUT2D eigenvalue weighted by Gasteiger charge is -2.25. The van der Waals surface area contributed by atoms with Crippen molar-refractivity contribution in [3.63, 3.8) is 0 Å². The molecule has 2 aromatic heterocycles. The third kappa shape index (κ3) is 3.25. The van der Waals surface area contributed by atoms with Gasteiger partial charge in [-0.05, 0) is 65.4 Å². The number of fused-ring (bicyclic) bond motifs is 7. The second-order valence-electron chi connectivity index (χ2n) is 9.43. The predicted molar refractivity (Wildman–Crippen MR) is 159 cm³/mol. The maximum Gasteiger partial charge on any atom is 0.137 e. The fraction of sp³-hybridized carbons (Fsp3) is 0. The molecule has 3 heteroatoms. The van der Waals surface area contributed by atoms with Crippen LogP contribution in [0.2, 0.25) is 0 Å². The van der Waals surface area contributed by atoms with Crippen LogP contribution in [-0.2, 0) is 0 Å². The van der Waals surface area contributed by atoms with E-state index in [-0.39, 0.29) is 0 Å². The minimum Gasteiger partial charge on any atom is -0.456 e. The molecule has 8 aromatic rings. The highest BCUT2D eigenvalue weighted by molar-refractivity contribution is 7.25. The summed E-state index contributed by atoms with van der Waals surface area (Å²) in [7, 11) is 0. The van der Waals surface area contributed by atoms with Crippen LogP contribution in [0.15, 0.2) is 132 Å². The van der Waals surface area contributed by atoms with E-state index in [4.69, 9.17) is 4.42 Å². The second kappa shape index (κ2) is 7.95. The van der Waals surface area contributed by atoms with Gasteiger partial charge in [0.25, 0.3) is 0 Å². The van der Waals surface area contributed by atoms with Crippen molar-refractivity contribution in [1.82, 2.24) is 0 Å². The average Bonchev–Trinajstić information content (AvgIpc) is 3.49. The third-order valence-corrected chi connectivity index (χ3v) is 8.35. The molecule has 0 aliphatic carbocycles. The average molecular weight is 492 g/mol. The summed E-state index contributed by atoms with van der Waals surface area (Å²) in [6, 6.07) is 45.4. The Hall–Kier alpha value is -4.60. The molecule has 37 heavy (non-hydrogen) atoms. The van der Waals surface area contributed by atoms with E-state index in [9.17, 15) is 0 Å². The van der Waals surface area contributed by atoms with Crippen LogP contribution in [0, 0.1) is 0 Å². The van der Waals surface area contributed by atoms with Gasteiger partial charge in [0.1, 0.15) is 11.2 Å². The van der Waals surface area contributed by atoms with E-state index >= 15 is 0 Å². The van der Waals surface area contributed by atoms with Gasteiger partial charge < -0.3 is 9.32 Å². The molecule has 0 amide bonds. The van der Waals surface area contributed by atoms with Crippen LogP contribution in [0.1, 0.15) is 0 Å². The van der Waals surface area contributed by atoms with Gasteiger partial charge in [-0.3, -0.25) is 0 Å². The number of rotatable bonds is 3. The Labute approximate surface area is 217 Å². The molecule has 2 nitrogen and oxygen atoms in total. The Kier molecular flexibility index (Phi) is 4.42. The van der Waals surface area contributed by atoms with Gasteiger partial charge in [-0.25, -0.2) is 0 Å². The van der Waals surface area contributed by atoms with Gasteiger partial charge in [-0.2, -0.15) is 0 Å². The van der Waals surface area contributed by atoms with Crippen LogP contribution in [0.25, 0.3) is 52.9 Å². The maximum absolute atomic E-state index is 6.41. The standard InChI is InChI=1S/C34H21NOS/c1-2-10-24(11-3-1)35(26-15-17-29-28-12-6-7-13-33(28)37-34(29)21-26)25-14-16-27-30-18-22-8-4-5-9-23(22)19-31(30)36-32(27)20-25/h1-21H. The highest BCUT2D eigenvalue weighted by Gasteiger charge is 2.17. The Bertz CT molecular complexity index is 2100. The van der Waals surface area contributed by atoms with Crippen LogP contribution in [0.4, 0.5) is 17.1 Å². The van der Waals surface area contributed by atoms with Crippen molar-refractivity contribution in [3.05, 3.63) is 127 Å². The fourth-order valence-electron chi connectivity index (χ4n) is 5.47. The van der Waals surface area contributed by atoms with E-state index in [0.29, 0.717) is 0 Å². The van der Waals surface area contributed by atoms with Gasteiger partial charge in [0.2, 0.25) is 0 Å². The Balaban J connectivity index is 1.33. The normalized spacial score (nSPS) is 11.8. The highest BCUT2D eigenvalue weighted by atomic mass is 32.1. The highest BCUT2D eigenvalue weighted by Crippen LogP contribution is 2.42. The summed E-state index contributed by atoms with van der Waals surface area (Å²) in [5, 5.41) is 7.32. The Morgan fingerprint density at radius 2 is 1.08 bits per heavy atom. The molecule has 0 radical (unpaired) electrons. The van der Waals surface area contributed by atoms with Crippen molar-refractivity contribution < 1.29 is 4.42 Å². The maximum atomic E-state index is 6.41. The van der Waals surface area contributed by atoms with E-state index in [0.717, 1.165) is 39.0 Å². The van der Waals surface area contributed by atoms with Crippen molar-refractivity contribution in [2.24, 2.45) is 0 Å². The van der Waals surface area contributed by atoms with Crippen molar-refractivity contribution in [2.75, 3.05) is 4.90 Å². The summed E-state index contributed by atoms with van der Waals surface area (Å²) in [5.41, 5.74) is 5.13. The van der Waals surface area contributed by atoms with Gasteiger partial charge in [0.05, 0.1) is 0 Å². The molecule has 6 aromatic carbocycles. The lowest BCUT2D eigenvalue weighted by Crippen LogP contribution is -2.09. The summed E-state index contributed by atoms with van der Waals surface area (Å²) in [6.07, 6.45) is 0. The van der Waals surface area contributed by atoms with E-state index in [1.54, 1.807) is 0 Å². The Morgan fingerprint density at radius 1 is 0.432 bits per heavy atom. The molecule has 0 aliphatic rings. The number of hydrogen-bond donors (Lipinski definition) is 0. The smallest absolute Gasteiger partial charge is 0.137 e. The van der Waals surface area contributed by atoms with Crippen LogP contribution < -0.4 is 4.90 Å². The Morgan fingerprint density at radius 3 is 1.95 bits per heavy atom. The molecule has 0 saturated carbocycles. The number of furan rings is 1.